The summed E-state index contributed by atoms with van der Waals surface area (Å²) in [6.07, 6.45) is 1.83. The second-order valence-corrected chi connectivity index (χ2v) is 4.74. The van der Waals surface area contributed by atoms with Crippen molar-refractivity contribution in [2.75, 3.05) is 7.05 Å². The highest BCUT2D eigenvalue weighted by molar-refractivity contribution is 5.82. The van der Waals surface area contributed by atoms with Crippen LogP contribution in [0.2, 0.25) is 0 Å². The fraction of sp³-hybridized carbons (Fsp3) is 0.0588. The van der Waals surface area contributed by atoms with Gasteiger partial charge in [-0.1, -0.05) is 47.7 Å². The van der Waals surface area contributed by atoms with Gasteiger partial charge in [-0.05, 0) is 22.8 Å². The average Bonchev–Trinajstić information content (AvgIpc) is 3.04. The van der Waals surface area contributed by atoms with E-state index in [2.05, 4.69) is 32.5 Å². The van der Waals surface area contributed by atoms with E-state index in [0.717, 1.165) is 22.3 Å². The number of aliphatic imine (C=N–C) groups is 1. The van der Waals surface area contributed by atoms with Gasteiger partial charge >= 0.3 is 0 Å². The van der Waals surface area contributed by atoms with Crippen molar-refractivity contribution in [1.29, 1.82) is 5.26 Å². The number of H-pyrrole nitrogens is 1. The Morgan fingerprint density at radius 1 is 1.09 bits per heavy atom. The highest BCUT2D eigenvalue weighted by atomic mass is 15.3. The predicted octanol–water partition coefficient (Wildman–Crippen LogP) is 3.06. The van der Waals surface area contributed by atoms with Crippen LogP contribution in [-0.2, 0) is 0 Å². The molecule has 0 aliphatic carbocycles. The first-order valence-corrected chi connectivity index (χ1v) is 6.76. The van der Waals surface area contributed by atoms with Gasteiger partial charge in [0.15, 0.2) is 5.69 Å². The molecule has 0 bridgehead atoms. The molecule has 0 saturated heterocycles. The molecular weight excluding hydrogens is 274 g/mol. The van der Waals surface area contributed by atoms with Crippen LogP contribution in [0.15, 0.2) is 53.5 Å². The van der Waals surface area contributed by atoms with Gasteiger partial charge in [0.1, 0.15) is 11.8 Å². The molecule has 0 aliphatic heterocycles. The zero-order chi connectivity index (χ0) is 15.4. The Balaban J connectivity index is 1.95. The van der Waals surface area contributed by atoms with Gasteiger partial charge in [0.05, 0.1) is 0 Å². The van der Waals surface area contributed by atoms with Crippen molar-refractivity contribution < 1.29 is 0 Å². The summed E-state index contributed by atoms with van der Waals surface area (Å²) < 4.78 is 0. The molecule has 0 amide bonds. The van der Waals surface area contributed by atoms with E-state index >= 15 is 0 Å². The quantitative estimate of drug-likeness (QED) is 0.752. The zero-order valence-corrected chi connectivity index (χ0v) is 12.0. The van der Waals surface area contributed by atoms with Crippen LogP contribution >= 0.6 is 0 Å². The minimum atomic E-state index is 0.369. The lowest BCUT2D eigenvalue weighted by molar-refractivity contribution is 0.937. The predicted molar refractivity (Wildman–Crippen MR) is 85.5 cm³/mol. The van der Waals surface area contributed by atoms with E-state index in [1.54, 1.807) is 7.05 Å². The van der Waals surface area contributed by atoms with E-state index in [0.29, 0.717) is 11.4 Å². The molecule has 0 saturated carbocycles. The summed E-state index contributed by atoms with van der Waals surface area (Å²) in [7, 11) is 1.76. The molecular formula is C17H13N5. The summed E-state index contributed by atoms with van der Waals surface area (Å²) >= 11 is 0. The number of hydrogen-bond donors (Lipinski definition) is 1. The average molecular weight is 287 g/mol. The van der Waals surface area contributed by atoms with Crippen LogP contribution in [0.4, 0.5) is 0 Å². The van der Waals surface area contributed by atoms with Crippen LogP contribution in [0.25, 0.3) is 22.4 Å². The third-order valence-electron chi connectivity index (χ3n) is 3.32. The Hall–Kier alpha value is -3.26. The lowest BCUT2D eigenvalue weighted by atomic mass is 10.0. The first kappa shape index (κ1) is 13.7. The number of nitrogens with one attached hydrogen (secondary N) is 1. The molecule has 3 rings (SSSR count). The van der Waals surface area contributed by atoms with E-state index in [9.17, 15) is 0 Å². The first-order valence-electron chi connectivity index (χ1n) is 6.76. The lowest BCUT2D eigenvalue weighted by Gasteiger charge is -2.04. The van der Waals surface area contributed by atoms with E-state index in [-0.39, 0.29) is 0 Å². The fourth-order valence-electron chi connectivity index (χ4n) is 2.28. The third-order valence-corrected chi connectivity index (χ3v) is 3.32. The molecule has 0 radical (unpaired) electrons. The maximum absolute atomic E-state index is 9.01. The van der Waals surface area contributed by atoms with Gasteiger partial charge in [-0.3, -0.25) is 4.99 Å². The maximum atomic E-state index is 9.01. The summed E-state index contributed by atoms with van der Waals surface area (Å²) in [5.41, 5.74) is 5.07. The molecule has 22 heavy (non-hydrogen) atoms. The van der Waals surface area contributed by atoms with E-state index in [1.165, 1.54) is 0 Å². The Bertz CT molecular complexity index is 853. The number of aromatic nitrogens is 3. The number of rotatable bonds is 3. The maximum Gasteiger partial charge on any atom is 0.163 e. The molecule has 0 atom stereocenters. The molecule has 1 heterocycles. The van der Waals surface area contributed by atoms with Crippen molar-refractivity contribution in [3.05, 3.63) is 59.8 Å². The largest absolute Gasteiger partial charge is 0.296 e. The second kappa shape index (κ2) is 6.02. The molecule has 5 nitrogen and oxygen atoms in total. The Morgan fingerprint density at radius 3 is 2.59 bits per heavy atom. The summed E-state index contributed by atoms with van der Waals surface area (Å²) in [5.74, 6) is 0. The number of hydrogen-bond acceptors (Lipinski definition) is 4. The second-order valence-electron chi connectivity index (χ2n) is 4.74. The topological polar surface area (TPSA) is 77.7 Å². The highest BCUT2D eigenvalue weighted by Gasteiger charge is 2.09. The molecule has 0 spiro atoms. The van der Waals surface area contributed by atoms with Gasteiger partial charge in [0, 0.05) is 18.8 Å². The Morgan fingerprint density at radius 2 is 1.86 bits per heavy atom. The van der Waals surface area contributed by atoms with E-state index in [4.69, 9.17) is 5.26 Å². The van der Waals surface area contributed by atoms with Crippen molar-refractivity contribution in [2.24, 2.45) is 4.99 Å². The third kappa shape index (κ3) is 2.63. The molecule has 0 aliphatic rings. The van der Waals surface area contributed by atoms with Crippen LogP contribution in [0.1, 0.15) is 11.3 Å². The molecule has 2 aromatic carbocycles. The fourth-order valence-corrected chi connectivity index (χ4v) is 2.28. The smallest absolute Gasteiger partial charge is 0.163 e. The van der Waals surface area contributed by atoms with Crippen molar-refractivity contribution in [3.8, 4) is 28.5 Å². The highest BCUT2D eigenvalue weighted by Crippen LogP contribution is 2.25. The van der Waals surface area contributed by atoms with Crippen LogP contribution in [0.5, 0.6) is 0 Å². The zero-order valence-electron chi connectivity index (χ0n) is 12.0. The van der Waals surface area contributed by atoms with Crippen molar-refractivity contribution >= 4 is 6.21 Å². The van der Waals surface area contributed by atoms with E-state index in [1.807, 2.05) is 48.7 Å². The standard InChI is InChI=1S/C17H13N5/c1-19-11-12-3-2-4-15(9-12)13-5-7-14(8-6-13)17-16(10-18)20-22-21-17/h2-9,11H,1H3,(H,20,21,22)/b19-11+. The van der Waals surface area contributed by atoms with E-state index < -0.39 is 0 Å². The normalized spacial score (nSPS) is 10.7. The van der Waals surface area contributed by atoms with Crippen molar-refractivity contribution in [2.45, 2.75) is 0 Å². The number of nitrogens with zero attached hydrogens (tertiary/aromatic N) is 4. The van der Waals surface area contributed by atoms with Crippen LogP contribution in [0.3, 0.4) is 0 Å². The molecule has 3 aromatic rings. The number of benzene rings is 2. The van der Waals surface area contributed by atoms with Gasteiger partial charge in [-0.25, -0.2) is 5.10 Å². The van der Waals surface area contributed by atoms with Crippen LogP contribution in [0, 0.1) is 11.3 Å². The van der Waals surface area contributed by atoms with Gasteiger partial charge in [0.2, 0.25) is 0 Å². The molecule has 0 fully saturated rings. The number of aromatic amines is 1. The first-order chi connectivity index (χ1) is 10.8. The number of nitriles is 1. The van der Waals surface area contributed by atoms with Gasteiger partial charge in [0.25, 0.3) is 0 Å². The van der Waals surface area contributed by atoms with Crippen molar-refractivity contribution in [3.63, 3.8) is 0 Å². The minimum absolute atomic E-state index is 0.369. The summed E-state index contributed by atoms with van der Waals surface area (Å²) in [6.45, 7) is 0. The SMILES string of the molecule is C/N=C/c1cccc(-c2ccc(-c3nn[nH]c3C#N)cc2)c1. The van der Waals surface area contributed by atoms with Crippen molar-refractivity contribution in [1.82, 2.24) is 15.4 Å². The Kier molecular flexibility index (Phi) is 3.75. The molecule has 0 unspecified atom stereocenters. The van der Waals surface area contributed by atoms with Gasteiger partial charge in [-0.2, -0.15) is 5.26 Å². The summed E-state index contributed by atoms with van der Waals surface area (Å²) in [5, 5.41) is 19.2. The molecule has 5 heteroatoms. The molecule has 106 valence electrons. The van der Waals surface area contributed by atoms with Gasteiger partial charge in [-0.15, -0.1) is 5.10 Å². The molecule has 1 aromatic heterocycles. The summed E-state index contributed by atoms with van der Waals surface area (Å²) in [4.78, 5) is 4.03. The van der Waals surface area contributed by atoms with Gasteiger partial charge < -0.3 is 0 Å². The monoisotopic (exact) mass is 287 g/mol. The van der Waals surface area contributed by atoms with Crippen LogP contribution < -0.4 is 0 Å². The minimum Gasteiger partial charge on any atom is -0.296 e. The summed E-state index contributed by atoms with van der Waals surface area (Å²) in [6, 6.07) is 18.1. The lowest BCUT2D eigenvalue weighted by Crippen LogP contribution is -1.85. The van der Waals surface area contributed by atoms with Crippen LogP contribution in [-0.4, -0.2) is 28.7 Å². The molecule has 1 N–H and O–H groups in total. The Labute approximate surface area is 128 Å².